The van der Waals surface area contributed by atoms with Gasteiger partial charge in [-0.05, 0) is 92.1 Å². The number of rotatable bonds is 6. The number of aromatic carboxylic acids is 1. The van der Waals surface area contributed by atoms with E-state index in [-0.39, 0.29) is 17.6 Å². The Morgan fingerprint density at radius 2 is 1.83 bits per heavy atom. The first-order valence-corrected chi connectivity index (χ1v) is 12.2. The molecule has 2 atom stereocenters. The van der Waals surface area contributed by atoms with Crippen molar-refractivity contribution in [1.29, 1.82) is 0 Å². The van der Waals surface area contributed by atoms with Crippen LogP contribution in [0.25, 0.3) is 5.69 Å². The molecule has 8 heteroatoms. The first-order chi connectivity index (χ1) is 17.3. The van der Waals surface area contributed by atoms with Crippen LogP contribution in [0.1, 0.15) is 56.2 Å². The highest BCUT2D eigenvalue weighted by Gasteiger charge is 2.41. The predicted molar refractivity (Wildman–Crippen MR) is 142 cm³/mol. The van der Waals surface area contributed by atoms with Gasteiger partial charge in [0.2, 0.25) is 0 Å². The molecule has 7 nitrogen and oxygen atoms in total. The zero-order valence-corrected chi connectivity index (χ0v) is 21.2. The van der Waals surface area contributed by atoms with Gasteiger partial charge in [0, 0.05) is 42.2 Å². The van der Waals surface area contributed by atoms with E-state index in [1.54, 1.807) is 30.7 Å². The van der Waals surface area contributed by atoms with E-state index in [0.717, 1.165) is 39.5 Å². The number of hydrogen-bond acceptors (Lipinski definition) is 4. The number of aryl methyl sites for hydroxylation is 2. The van der Waals surface area contributed by atoms with Gasteiger partial charge in [0.05, 0.1) is 23.3 Å². The van der Waals surface area contributed by atoms with Gasteiger partial charge in [-0.15, -0.1) is 0 Å². The lowest BCUT2D eigenvalue weighted by Crippen LogP contribution is -2.29. The molecule has 36 heavy (non-hydrogen) atoms. The van der Waals surface area contributed by atoms with E-state index in [1.807, 2.05) is 50.2 Å². The monoisotopic (exact) mass is 497 g/mol. The zero-order valence-electron chi connectivity index (χ0n) is 20.3. The van der Waals surface area contributed by atoms with E-state index in [1.165, 1.54) is 0 Å². The third-order valence-electron chi connectivity index (χ3n) is 6.79. The van der Waals surface area contributed by atoms with Gasteiger partial charge in [0.25, 0.3) is 0 Å². The molecule has 0 saturated carbocycles. The molecule has 0 unspecified atom stereocenters. The molecule has 0 bridgehead atoms. The van der Waals surface area contributed by atoms with Gasteiger partial charge in [0.1, 0.15) is 0 Å². The Hall–Kier alpha value is -4.04. The fourth-order valence-electron chi connectivity index (χ4n) is 5.04. The minimum absolute atomic E-state index is 0.108. The lowest BCUT2D eigenvalue weighted by molar-refractivity contribution is 0.0697. The van der Waals surface area contributed by atoms with Crippen LogP contribution >= 0.6 is 12.2 Å². The average Bonchev–Trinajstić information content (AvgIpc) is 3.35. The standard InChI is InChI=1S/C28H27N5O2S/c1-17-7-8-21(27(34)35)15-24(17)33-18(2)14-22(19(33)3)26-25(23-6-4-5-11-30-23)31-28(36)32(26)16-20-9-12-29-13-10-20/h4-15,25-26H,16H2,1-3H3,(H,31,36)(H,34,35)/t25-,26-/m1/s1. The van der Waals surface area contributed by atoms with Gasteiger partial charge < -0.3 is 19.9 Å². The first-order valence-electron chi connectivity index (χ1n) is 11.7. The van der Waals surface area contributed by atoms with Crippen molar-refractivity contribution in [3.05, 3.63) is 113 Å². The maximum Gasteiger partial charge on any atom is 0.335 e. The predicted octanol–water partition coefficient (Wildman–Crippen LogP) is 5.06. The molecule has 0 aliphatic carbocycles. The van der Waals surface area contributed by atoms with E-state index in [9.17, 15) is 9.90 Å². The summed E-state index contributed by atoms with van der Waals surface area (Å²) in [5.41, 5.74) is 7.33. The van der Waals surface area contributed by atoms with Gasteiger partial charge >= 0.3 is 5.97 Å². The number of hydrogen-bond donors (Lipinski definition) is 2. The molecule has 1 aromatic carbocycles. The lowest BCUT2D eigenvalue weighted by atomic mass is 9.96. The van der Waals surface area contributed by atoms with Crippen molar-refractivity contribution >= 4 is 23.3 Å². The van der Waals surface area contributed by atoms with Crippen molar-refractivity contribution < 1.29 is 9.90 Å². The number of carbonyl (C=O) groups is 1. The molecule has 1 aliphatic heterocycles. The molecule has 2 N–H and O–H groups in total. The van der Waals surface area contributed by atoms with E-state index in [0.29, 0.717) is 11.7 Å². The summed E-state index contributed by atoms with van der Waals surface area (Å²) in [5, 5.41) is 13.8. The molecule has 1 fully saturated rings. The highest BCUT2D eigenvalue weighted by Crippen LogP contribution is 2.42. The Morgan fingerprint density at radius 1 is 1.06 bits per heavy atom. The van der Waals surface area contributed by atoms with Gasteiger partial charge in [-0.3, -0.25) is 9.97 Å². The highest BCUT2D eigenvalue weighted by atomic mass is 32.1. The maximum absolute atomic E-state index is 11.7. The summed E-state index contributed by atoms with van der Waals surface area (Å²) >= 11 is 5.84. The minimum atomic E-state index is -0.942. The largest absolute Gasteiger partial charge is 0.478 e. The van der Waals surface area contributed by atoms with Crippen molar-refractivity contribution in [2.24, 2.45) is 0 Å². The molecule has 182 valence electrons. The fraction of sp³-hybridized carbons (Fsp3) is 0.214. The summed E-state index contributed by atoms with van der Waals surface area (Å²) in [5.74, 6) is -0.942. The van der Waals surface area contributed by atoms with Crippen molar-refractivity contribution in [1.82, 2.24) is 24.8 Å². The van der Waals surface area contributed by atoms with Crippen molar-refractivity contribution in [2.75, 3.05) is 0 Å². The van der Waals surface area contributed by atoms with Crippen LogP contribution in [0.15, 0.2) is 73.2 Å². The van der Waals surface area contributed by atoms with Crippen molar-refractivity contribution in [3.63, 3.8) is 0 Å². The molecule has 4 aromatic rings. The number of pyridine rings is 2. The number of nitrogens with one attached hydrogen (secondary N) is 1. The Bertz CT molecular complexity index is 1440. The Balaban J connectivity index is 1.64. The number of nitrogens with zero attached hydrogens (tertiary/aromatic N) is 4. The van der Waals surface area contributed by atoms with Crippen molar-refractivity contribution in [3.8, 4) is 5.69 Å². The number of carboxylic acids is 1. The quantitative estimate of drug-likeness (QED) is 0.360. The Labute approximate surface area is 215 Å². The molecule has 4 heterocycles. The maximum atomic E-state index is 11.7. The molecule has 0 spiro atoms. The topological polar surface area (TPSA) is 83.3 Å². The number of thiocarbonyl (C=S) groups is 1. The molecule has 3 aromatic heterocycles. The first kappa shape index (κ1) is 23.7. The van der Waals surface area contributed by atoms with Crippen LogP contribution in [0.2, 0.25) is 0 Å². The average molecular weight is 498 g/mol. The fourth-order valence-corrected chi connectivity index (χ4v) is 5.35. The summed E-state index contributed by atoms with van der Waals surface area (Å²) in [7, 11) is 0. The molecule has 0 radical (unpaired) electrons. The van der Waals surface area contributed by atoms with Gasteiger partial charge in [-0.1, -0.05) is 12.1 Å². The molecular weight excluding hydrogens is 470 g/mol. The summed E-state index contributed by atoms with van der Waals surface area (Å²) in [6, 6.07) is 17.1. The van der Waals surface area contributed by atoms with E-state index < -0.39 is 5.97 Å². The van der Waals surface area contributed by atoms with Crippen LogP contribution in [0.4, 0.5) is 0 Å². The van der Waals surface area contributed by atoms with Crippen LogP contribution < -0.4 is 5.32 Å². The van der Waals surface area contributed by atoms with Gasteiger partial charge in [-0.25, -0.2) is 4.79 Å². The van der Waals surface area contributed by atoms with Gasteiger partial charge in [-0.2, -0.15) is 0 Å². The molecule has 1 aliphatic rings. The second-order valence-corrected chi connectivity index (χ2v) is 9.46. The molecule has 5 rings (SSSR count). The number of aromatic nitrogens is 3. The second-order valence-electron chi connectivity index (χ2n) is 9.08. The lowest BCUT2D eigenvalue weighted by Gasteiger charge is -2.28. The van der Waals surface area contributed by atoms with Crippen LogP contribution in [-0.2, 0) is 6.54 Å². The van der Waals surface area contributed by atoms with Crippen molar-refractivity contribution in [2.45, 2.75) is 39.4 Å². The molecule has 0 amide bonds. The minimum Gasteiger partial charge on any atom is -0.478 e. The zero-order chi connectivity index (χ0) is 25.4. The summed E-state index contributed by atoms with van der Waals surface area (Å²) in [4.78, 5) is 22.7. The van der Waals surface area contributed by atoms with E-state index in [2.05, 4.69) is 37.7 Å². The smallest absolute Gasteiger partial charge is 0.335 e. The Morgan fingerprint density at radius 3 is 2.53 bits per heavy atom. The third kappa shape index (κ3) is 4.24. The summed E-state index contributed by atoms with van der Waals surface area (Å²) in [6.07, 6.45) is 5.38. The van der Waals surface area contributed by atoms with Crippen LogP contribution in [0.3, 0.4) is 0 Å². The number of benzene rings is 1. The summed E-state index contributed by atoms with van der Waals surface area (Å²) < 4.78 is 2.14. The van der Waals surface area contributed by atoms with Crippen LogP contribution in [0.5, 0.6) is 0 Å². The normalized spacial score (nSPS) is 17.3. The van der Waals surface area contributed by atoms with Crippen LogP contribution in [0, 0.1) is 20.8 Å². The summed E-state index contributed by atoms with van der Waals surface area (Å²) in [6.45, 7) is 6.75. The Kier molecular flexibility index (Phi) is 6.28. The van der Waals surface area contributed by atoms with Gasteiger partial charge in [0.15, 0.2) is 5.11 Å². The highest BCUT2D eigenvalue weighted by molar-refractivity contribution is 7.80. The second kappa shape index (κ2) is 9.54. The SMILES string of the molecule is Cc1ccc(C(=O)O)cc1-n1c(C)cc([C@@H]2[C@@H](c3ccccn3)NC(=S)N2Cc2ccncc2)c1C. The van der Waals surface area contributed by atoms with Crippen LogP contribution in [-0.4, -0.2) is 35.6 Å². The third-order valence-corrected chi connectivity index (χ3v) is 7.14. The molecular formula is C28H27N5O2S. The van der Waals surface area contributed by atoms with E-state index >= 15 is 0 Å². The molecule has 1 saturated heterocycles. The van der Waals surface area contributed by atoms with E-state index in [4.69, 9.17) is 12.2 Å². The number of carboxylic acid groups (broad SMARTS) is 1.